The quantitative estimate of drug-likeness (QED) is 0.814. The van der Waals surface area contributed by atoms with E-state index < -0.39 is 0 Å². The van der Waals surface area contributed by atoms with Gasteiger partial charge in [0, 0.05) is 43.3 Å². The molecule has 1 fully saturated rings. The summed E-state index contributed by atoms with van der Waals surface area (Å²) >= 11 is 0. The number of carbonyl (C=O) groups excluding carboxylic acids is 2. The van der Waals surface area contributed by atoms with Crippen LogP contribution < -0.4 is 5.32 Å². The van der Waals surface area contributed by atoms with Crippen molar-refractivity contribution in [1.29, 1.82) is 0 Å². The maximum Gasteiger partial charge on any atom is 0.253 e. The topological polar surface area (TPSA) is 69.6 Å². The molecule has 2 N–H and O–H groups in total. The third-order valence-corrected chi connectivity index (χ3v) is 4.90. The second kappa shape index (κ2) is 8.83. The van der Waals surface area contributed by atoms with Gasteiger partial charge in [0.05, 0.1) is 0 Å². The molecule has 5 heteroatoms. The lowest BCUT2D eigenvalue weighted by molar-refractivity contribution is 0.0802. The van der Waals surface area contributed by atoms with E-state index in [4.69, 9.17) is 0 Å². The zero-order valence-corrected chi connectivity index (χ0v) is 14.6. The molecule has 0 heterocycles. The predicted molar refractivity (Wildman–Crippen MR) is 94.0 cm³/mol. The lowest BCUT2D eigenvalue weighted by Gasteiger charge is -2.24. The zero-order chi connectivity index (χ0) is 17.5. The van der Waals surface area contributed by atoms with Crippen LogP contribution in [0, 0.1) is 5.92 Å². The van der Waals surface area contributed by atoms with Crippen LogP contribution >= 0.6 is 0 Å². The van der Waals surface area contributed by atoms with Crippen LogP contribution in [0.3, 0.4) is 0 Å². The van der Waals surface area contributed by atoms with Gasteiger partial charge >= 0.3 is 0 Å². The first kappa shape index (κ1) is 18.5. The van der Waals surface area contributed by atoms with Crippen molar-refractivity contribution in [3.05, 3.63) is 35.4 Å². The normalized spacial score (nSPS) is 21.0. The maximum absolute atomic E-state index is 12.6. The number of aliphatic hydroxyl groups is 1. The molecule has 132 valence electrons. The fourth-order valence-electron chi connectivity index (χ4n) is 3.20. The van der Waals surface area contributed by atoms with Gasteiger partial charge in [-0.2, -0.15) is 0 Å². The van der Waals surface area contributed by atoms with Gasteiger partial charge in [0.1, 0.15) is 0 Å². The van der Waals surface area contributed by atoms with Crippen LogP contribution in [-0.2, 0) is 0 Å². The minimum atomic E-state index is -0.172. The molecule has 0 bridgehead atoms. The van der Waals surface area contributed by atoms with Crippen molar-refractivity contribution in [3.63, 3.8) is 0 Å². The summed E-state index contributed by atoms with van der Waals surface area (Å²) in [6.45, 7) is 2.63. The van der Waals surface area contributed by atoms with Gasteiger partial charge in [-0.1, -0.05) is 25.3 Å². The molecule has 1 aliphatic carbocycles. The highest BCUT2D eigenvalue weighted by molar-refractivity contribution is 5.99. The molecule has 0 spiro atoms. The SMILES string of the molecule is CCN(C)C(=O)c1cccc(C(=O)NC2CCCCCC2CO)c1. The molecule has 1 aromatic rings. The monoisotopic (exact) mass is 332 g/mol. The molecule has 1 saturated carbocycles. The van der Waals surface area contributed by atoms with Gasteiger partial charge in [0.2, 0.25) is 0 Å². The summed E-state index contributed by atoms with van der Waals surface area (Å²) in [6.07, 6.45) is 5.16. The van der Waals surface area contributed by atoms with E-state index in [-0.39, 0.29) is 30.4 Å². The Morgan fingerprint density at radius 3 is 2.62 bits per heavy atom. The number of hydrogen-bond acceptors (Lipinski definition) is 3. The number of aliphatic hydroxyl groups excluding tert-OH is 1. The van der Waals surface area contributed by atoms with E-state index in [0.29, 0.717) is 17.7 Å². The van der Waals surface area contributed by atoms with Gasteiger partial charge in [-0.25, -0.2) is 0 Å². The highest BCUT2D eigenvalue weighted by atomic mass is 16.3. The minimum absolute atomic E-state index is 0.00248. The summed E-state index contributed by atoms with van der Waals surface area (Å²) in [6, 6.07) is 6.84. The van der Waals surface area contributed by atoms with Crippen LogP contribution in [0.2, 0.25) is 0 Å². The van der Waals surface area contributed by atoms with Gasteiger partial charge in [-0.05, 0) is 38.0 Å². The Kier molecular flexibility index (Phi) is 6.79. The number of nitrogens with zero attached hydrogens (tertiary/aromatic N) is 1. The Morgan fingerprint density at radius 2 is 1.92 bits per heavy atom. The average molecular weight is 332 g/mol. The van der Waals surface area contributed by atoms with Gasteiger partial charge in [0.15, 0.2) is 0 Å². The van der Waals surface area contributed by atoms with Crippen LogP contribution in [0.5, 0.6) is 0 Å². The van der Waals surface area contributed by atoms with Crippen LogP contribution in [-0.4, -0.2) is 48.1 Å². The van der Waals surface area contributed by atoms with Crippen molar-refractivity contribution >= 4 is 11.8 Å². The molecule has 2 rings (SSSR count). The third kappa shape index (κ3) is 4.57. The summed E-state index contributed by atoms with van der Waals surface area (Å²) in [7, 11) is 1.74. The number of benzene rings is 1. The van der Waals surface area contributed by atoms with Crippen molar-refractivity contribution in [2.24, 2.45) is 5.92 Å². The molecule has 1 aliphatic rings. The predicted octanol–water partition coefficient (Wildman–Crippen LogP) is 2.45. The first-order valence-corrected chi connectivity index (χ1v) is 8.84. The minimum Gasteiger partial charge on any atom is -0.396 e. The summed E-state index contributed by atoms with van der Waals surface area (Å²) in [5, 5.41) is 12.6. The maximum atomic E-state index is 12.6. The molecule has 2 unspecified atom stereocenters. The summed E-state index contributed by atoms with van der Waals surface area (Å²) in [4.78, 5) is 26.4. The van der Waals surface area contributed by atoms with Crippen molar-refractivity contribution in [2.75, 3.05) is 20.2 Å². The fraction of sp³-hybridized carbons (Fsp3) is 0.579. The first-order chi connectivity index (χ1) is 11.6. The molecule has 0 saturated heterocycles. The number of amides is 2. The van der Waals surface area contributed by atoms with E-state index >= 15 is 0 Å². The van der Waals surface area contributed by atoms with Gasteiger partial charge in [-0.15, -0.1) is 0 Å². The lowest BCUT2D eigenvalue weighted by Crippen LogP contribution is -2.41. The van der Waals surface area contributed by atoms with Crippen LogP contribution in [0.15, 0.2) is 24.3 Å². The van der Waals surface area contributed by atoms with Crippen molar-refractivity contribution in [1.82, 2.24) is 10.2 Å². The number of hydrogen-bond donors (Lipinski definition) is 2. The lowest BCUT2D eigenvalue weighted by atomic mass is 9.95. The smallest absolute Gasteiger partial charge is 0.253 e. The number of nitrogens with one attached hydrogen (secondary N) is 1. The molecular formula is C19H28N2O3. The second-order valence-electron chi connectivity index (χ2n) is 6.56. The van der Waals surface area contributed by atoms with E-state index in [0.717, 1.165) is 32.1 Å². The van der Waals surface area contributed by atoms with E-state index in [1.165, 1.54) is 0 Å². The molecule has 0 aliphatic heterocycles. The Balaban J connectivity index is 2.10. The van der Waals surface area contributed by atoms with E-state index in [9.17, 15) is 14.7 Å². The summed E-state index contributed by atoms with van der Waals surface area (Å²) in [5.41, 5.74) is 1.01. The van der Waals surface area contributed by atoms with Crippen LogP contribution in [0.1, 0.15) is 59.7 Å². The highest BCUT2D eigenvalue weighted by Gasteiger charge is 2.25. The summed E-state index contributed by atoms with van der Waals surface area (Å²) < 4.78 is 0. The Morgan fingerprint density at radius 1 is 1.21 bits per heavy atom. The van der Waals surface area contributed by atoms with Gasteiger partial charge < -0.3 is 15.3 Å². The van der Waals surface area contributed by atoms with E-state index in [1.807, 2.05) is 6.92 Å². The van der Waals surface area contributed by atoms with E-state index in [1.54, 1.807) is 36.2 Å². The molecule has 5 nitrogen and oxygen atoms in total. The number of rotatable bonds is 5. The first-order valence-electron chi connectivity index (χ1n) is 8.84. The molecule has 2 amide bonds. The average Bonchev–Trinajstić information content (AvgIpc) is 2.85. The van der Waals surface area contributed by atoms with Crippen molar-refractivity contribution in [3.8, 4) is 0 Å². The van der Waals surface area contributed by atoms with Gasteiger partial charge in [0.25, 0.3) is 11.8 Å². The van der Waals surface area contributed by atoms with E-state index in [2.05, 4.69) is 5.32 Å². The Bertz CT molecular complexity index is 573. The summed E-state index contributed by atoms with van der Waals surface area (Å²) in [5.74, 6) is -0.142. The van der Waals surface area contributed by atoms with Crippen LogP contribution in [0.25, 0.3) is 0 Å². The number of carbonyl (C=O) groups is 2. The molecular weight excluding hydrogens is 304 g/mol. The van der Waals surface area contributed by atoms with Crippen molar-refractivity contribution in [2.45, 2.75) is 45.1 Å². The fourth-order valence-corrected chi connectivity index (χ4v) is 3.20. The standard InChI is InChI=1S/C19H28N2O3/c1-3-21(2)19(24)15-10-7-9-14(12-15)18(23)20-17-11-6-4-5-8-16(17)13-22/h7,9-10,12,16-17,22H,3-6,8,11,13H2,1-2H3,(H,20,23). The molecule has 2 atom stereocenters. The zero-order valence-electron chi connectivity index (χ0n) is 14.6. The Hall–Kier alpha value is -1.88. The third-order valence-electron chi connectivity index (χ3n) is 4.90. The largest absolute Gasteiger partial charge is 0.396 e. The van der Waals surface area contributed by atoms with Crippen molar-refractivity contribution < 1.29 is 14.7 Å². The molecule has 24 heavy (non-hydrogen) atoms. The van der Waals surface area contributed by atoms with Gasteiger partial charge in [-0.3, -0.25) is 9.59 Å². The van der Waals surface area contributed by atoms with Crippen LogP contribution in [0.4, 0.5) is 0 Å². The second-order valence-corrected chi connectivity index (χ2v) is 6.56. The molecule has 0 radical (unpaired) electrons. The highest BCUT2D eigenvalue weighted by Crippen LogP contribution is 2.23. The molecule has 0 aromatic heterocycles. The Labute approximate surface area is 144 Å². The molecule has 1 aromatic carbocycles.